The SMILES string of the molecule is CC[Si](C#CC[C@@H](COC(=O)C(C)C)n1cc(C[C@@H](COC(=O)C(C)C)n2cc(C[C@@H](COC(=O)C(C)C)n3cc(C[C@@H](COC(=O)C(C)C)n4cc(C[C@@H](COC(=O)C(C)C)n5cc(C[C@@H](COC(=O)C(C)C)n6cc(C[C@@H](COC(=O)C(C)C)n7cc(C[C@H](COC(=O)C(C)C)OS(=O)(=O)c8ccc(C)cc8)nn7)nn6)nn5)nn4)nn3)nn2)nn1)(CC)CC. The second-order valence-corrected chi connectivity index (χ2v) is 40.9. The van der Waals surface area contributed by atoms with E-state index < -0.39 is 156 Å². The van der Waals surface area contributed by atoms with E-state index in [2.05, 4.69) is 104 Å². The summed E-state index contributed by atoms with van der Waals surface area (Å²) in [6.45, 7) is 34.3. The first-order valence-corrected chi connectivity index (χ1v) is 47.5. The molecule has 694 valence electrons. The summed E-state index contributed by atoms with van der Waals surface area (Å²) < 4.78 is 89.9. The highest BCUT2D eigenvalue weighted by Gasteiger charge is 2.33. The molecule has 0 radical (unpaired) electrons. The van der Waals surface area contributed by atoms with Crippen LogP contribution in [0, 0.1) is 65.7 Å². The lowest BCUT2D eigenvalue weighted by Crippen LogP contribution is -2.29. The summed E-state index contributed by atoms with van der Waals surface area (Å²) in [6, 6.07) is 4.39. The molecule has 127 heavy (non-hydrogen) atoms. The molecule has 40 nitrogen and oxygen atoms in total. The van der Waals surface area contributed by atoms with E-state index in [4.69, 9.17) is 42.1 Å². The predicted molar refractivity (Wildman–Crippen MR) is 459 cm³/mol. The Kier molecular flexibility index (Phi) is 38.2. The van der Waals surface area contributed by atoms with Crippen LogP contribution in [0.2, 0.25) is 18.1 Å². The zero-order chi connectivity index (χ0) is 93.0. The Morgan fingerprint density at radius 3 is 0.740 bits per heavy atom. The topological polar surface area (TPSA) is 469 Å². The number of hydrogen-bond acceptors (Lipinski definition) is 33. The molecule has 0 unspecified atom stereocenters. The summed E-state index contributed by atoms with van der Waals surface area (Å²) in [5.74, 6) is -4.02. The standard InChI is InChI=1S/C85H125N21O19SSi/c1-21-127(22-2,23-3)30-24-25-69(45-117-78(107)53(4)5)100-38-62(86-93-100)31-70(46-118-79(108)54(6)7)101-39-63(87-94-101)32-71(47-119-80(109)55(8)9)102-40-64(88-95-102)33-72(48-120-81(110)56(10)11)103-41-65(89-96-103)34-73(49-121-82(111)57(12)13)104-42-66(90-97-104)35-74(50-122-83(112)58(14)15)105-43-67(91-98-105)36-75(51-123-84(113)59(16)17)106-44-68(92-99-106)37-76(52-124-85(114)60(18)19)125-126(115,116)77-28-26-61(20)27-29-77/h26-29,38-44,53-60,69-76H,21-23,25,31-37,45-52H2,1-20H3/t69-,70-,71-,72-,73-,74-,75-,76+/m0/s1. The third kappa shape index (κ3) is 31.0. The lowest BCUT2D eigenvalue weighted by atomic mass is 10.1. The van der Waals surface area contributed by atoms with Gasteiger partial charge in [-0.2, -0.15) is 8.42 Å². The number of benzene rings is 1. The number of aryl methyl sites for hydroxylation is 1. The minimum Gasteiger partial charge on any atom is -0.463 e. The zero-order valence-corrected chi connectivity index (χ0v) is 78.4. The highest BCUT2D eigenvalue weighted by molar-refractivity contribution is 7.86. The first-order valence-electron chi connectivity index (χ1n) is 43.4. The van der Waals surface area contributed by atoms with Gasteiger partial charge in [0.2, 0.25) is 0 Å². The number of rotatable bonds is 52. The summed E-state index contributed by atoms with van der Waals surface area (Å²) in [5, 5.41) is 63.1. The summed E-state index contributed by atoms with van der Waals surface area (Å²) in [5.41, 5.74) is 7.33. The summed E-state index contributed by atoms with van der Waals surface area (Å²) in [4.78, 5) is 104. The van der Waals surface area contributed by atoms with Gasteiger partial charge in [0.25, 0.3) is 10.1 Å². The van der Waals surface area contributed by atoms with Gasteiger partial charge >= 0.3 is 47.8 Å². The quantitative estimate of drug-likeness (QED) is 0.0113. The number of ether oxygens (including phenoxy) is 8. The Balaban J connectivity index is 1.03. The van der Waals surface area contributed by atoms with Crippen molar-refractivity contribution in [3.05, 3.63) is 113 Å². The number of carbonyl (C=O) groups is 8. The molecule has 0 amide bonds. The van der Waals surface area contributed by atoms with Crippen molar-refractivity contribution < 1.29 is 88.9 Å². The number of carbonyl (C=O) groups excluding carboxylic acids is 8. The van der Waals surface area contributed by atoms with Gasteiger partial charge in [-0.15, -0.1) is 47.2 Å². The molecule has 0 fully saturated rings. The molecule has 0 aliphatic rings. The molecular formula is C85H125N21O19SSi. The Bertz CT molecular complexity index is 5060. The Hall–Kier alpha value is -11.4. The van der Waals surface area contributed by atoms with Gasteiger partial charge in [0, 0.05) is 94.7 Å². The Morgan fingerprint density at radius 2 is 0.520 bits per heavy atom. The molecule has 0 saturated heterocycles. The van der Waals surface area contributed by atoms with Crippen LogP contribution in [0.1, 0.15) is 226 Å². The van der Waals surface area contributed by atoms with Gasteiger partial charge in [-0.3, -0.25) is 42.5 Å². The fourth-order valence-corrected chi connectivity index (χ4v) is 16.1. The van der Waals surface area contributed by atoms with Gasteiger partial charge in [-0.05, 0) is 37.2 Å². The fourth-order valence-electron chi connectivity index (χ4n) is 12.6. The van der Waals surface area contributed by atoms with E-state index in [1.807, 2.05) is 6.92 Å². The van der Waals surface area contributed by atoms with Gasteiger partial charge in [0.15, 0.2) is 0 Å². The van der Waals surface area contributed by atoms with Gasteiger partial charge in [-0.25, -0.2) is 32.8 Å². The highest BCUT2D eigenvalue weighted by Crippen LogP contribution is 2.28. The minimum absolute atomic E-state index is 0.0323. The van der Waals surface area contributed by atoms with Gasteiger partial charge < -0.3 is 37.9 Å². The van der Waals surface area contributed by atoms with E-state index in [0.29, 0.717) is 40.6 Å². The summed E-state index contributed by atoms with van der Waals surface area (Å²) >= 11 is 0. The van der Waals surface area contributed by atoms with Crippen molar-refractivity contribution in [1.29, 1.82) is 0 Å². The molecule has 8 rings (SSSR count). The minimum atomic E-state index is -4.36. The van der Waals surface area contributed by atoms with Crippen molar-refractivity contribution in [2.24, 2.45) is 47.3 Å². The largest absolute Gasteiger partial charge is 0.463 e. The van der Waals surface area contributed by atoms with Crippen molar-refractivity contribution in [2.45, 2.75) is 261 Å². The highest BCUT2D eigenvalue weighted by atomic mass is 32.2. The second kappa shape index (κ2) is 48.0. The van der Waals surface area contributed by atoms with E-state index in [1.165, 1.54) is 26.2 Å². The van der Waals surface area contributed by atoms with Crippen LogP contribution in [0.5, 0.6) is 0 Å². The van der Waals surface area contributed by atoms with E-state index in [-0.39, 0.29) is 114 Å². The van der Waals surface area contributed by atoms with Crippen LogP contribution in [0.15, 0.2) is 72.5 Å². The zero-order valence-electron chi connectivity index (χ0n) is 76.6. The Morgan fingerprint density at radius 1 is 0.315 bits per heavy atom. The lowest BCUT2D eigenvalue weighted by Gasteiger charge is -2.20. The normalized spacial score (nSPS) is 13.9. The molecule has 42 heteroatoms. The molecule has 1 aromatic carbocycles. The average Bonchev–Trinajstić information content (AvgIpc) is 1.71. The smallest absolute Gasteiger partial charge is 0.308 e. The molecule has 0 aliphatic heterocycles. The van der Waals surface area contributed by atoms with Crippen molar-refractivity contribution in [3.63, 3.8) is 0 Å². The number of esters is 8. The molecule has 0 N–H and O–H groups in total. The van der Waals surface area contributed by atoms with Crippen molar-refractivity contribution >= 4 is 65.9 Å². The van der Waals surface area contributed by atoms with E-state index >= 15 is 0 Å². The Labute approximate surface area is 742 Å². The average molecular weight is 1810 g/mol. The molecule has 8 atom stereocenters. The molecule has 7 heterocycles. The molecule has 0 aliphatic carbocycles. The van der Waals surface area contributed by atoms with E-state index in [9.17, 15) is 46.8 Å². The van der Waals surface area contributed by atoms with Crippen LogP contribution in [0.3, 0.4) is 0 Å². The summed E-state index contributed by atoms with van der Waals surface area (Å²) in [6.07, 6.45) is 11.3. The third-order valence-corrected chi connectivity index (χ3v) is 27.2. The second-order valence-electron chi connectivity index (χ2n) is 34.4. The van der Waals surface area contributed by atoms with Gasteiger partial charge in [0.1, 0.15) is 67.0 Å². The van der Waals surface area contributed by atoms with E-state index in [1.54, 1.807) is 185 Å². The molecular weight excluding hydrogens is 1680 g/mol. The molecule has 0 spiro atoms. The van der Waals surface area contributed by atoms with Crippen LogP contribution in [0.4, 0.5) is 0 Å². The number of nitrogens with zero attached hydrogens (tertiary/aromatic N) is 21. The first kappa shape index (κ1) is 101. The first-order chi connectivity index (χ1) is 60.2. The molecule has 0 bridgehead atoms. The van der Waals surface area contributed by atoms with Crippen LogP contribution >= 0.6 is 0 Å². The predicted octanol–water partition coefficient (Wildman–Crippen LogP) is 8.73. The lowest BCUT2D eigenvalue weighted by molar-refractivity contribution is -0.150. The maximum Gasteiger partial charge on any atom is 0.308 e. The molecule has 7 aromatic heterocycles. The van der Waals surface area contributed by atoms with Gasteiger partial charge in [-0.1, -0.05) is 186 Å². The maximum absolute atomic E-state index is 13.6. The van der Waals surface area contributed by atoms with Gasteiger partial charge in [0.05, 0.1) is 134 Å². The van der Waals surface area contributed by atoms with Crippen LogP contribution in [-0.4, -0.2) is 228 Å². The fraction of sp³-hybridized carbons (Fsp3) is 0.647. The third-order valence-electron chi connectivity index (χ3n) is 21.0. The number of hydrogen-bond donors (Lipinski definition) is 0. The monoisotopic (exact) mass is 1800 g/mol. The van der Waals surface area contributed by atoms with E-state index in [0.717, 1.165) is 23.7 Å². The van der Waals surface area contributed by atoms with Crippen molar-refractivity contribution in [3.8, 4) is 11.5 Å². The van der Waals surface area contributed by atoms with Crippen LogP contribution < -0.4 is 0 Å². The maximum atomic E-state index is 13.6. The van der Waals surface area contributed by atoms with Crippen molar-refractivity contribution in [1.82, 2.24) is 105 Å². The molecule has 8 aromatic rings. The molecule has 0 saturated carbocycles. The summed E-state index contributed by atoms with van der Waals surface area (Å²) in [7, 11) is -6.16. The van der Waals surface area contributed by atoms with Crippen LogP contribution in [-0.2, 0) is 135 Å². The van der Waals surface area contributed by atoms with Crippen molar-refractivity contribution in [2.75, 3.05) is 52.9 Å². The number of aromatic nitrogens is 21. The van der Waals surface area contributed by atoms with Crippen LogP contribution in [0.25, 0.3) is 0 Å².